The van der Waals surface area contributed by atoms with Gasteiger partial charge in [-0.1, -0.05) is 18.2 Å². The van der Waals surface area contributed by atoms with E-state index in [-0.39, 0.29) is 12.6 Å². The number of rotatable bonds is 2. The van der Waals surface area contributed by atoms with Gasteiger partial charge in [-0.15, -0.1) is 0 Å². The van der Waals surface area contributed by atoms with Gasteiger partial charge in [-0.2, -0.15) is 0 Å². The molecule has 0 radical (unpaired) electrons. The highest BCUT2D eigenvalue weighted by atomic mass is 16.5. The Labute approximate surface area is 94.4 Å². The molecule has 2 unspecified atom stereocenters. The van der Waals surface area contributed by atoms with Crippen LogP contribution in [-0.4, -0.2) is 36.7 Å². The average molecular weight is 221 g/mol. The van der Waals surface area contributed by atoms with Crippen LogP contribution in [0.5, 0.6) is 5.75 Å². The average Bonchev–Trinajstić information content (AvgIpc) is 2.27. The molecule has 1 N–H and O–H groups in total. The summed E-state index contributed by atoms with van der Waals surface area (Å²) in [5, 5.41) is 9.18. The van der Waals surface area contributed by atoms with Crippen LogP contribution in [0.15, 0.2) is 24.3 Å². The largest absolute Gasteiger partial charge is 0.492 e. The molecule has 4 nitrogen and oxygen atoms in total. The van der Waals surface area contributed by atoms with Gasteiger partial charge in [-0.05, 0) is 20.2 Å². The minimum Gasteiger partial charge on any atom is -0.492 e. The molecule has 0 spiro atoms. The van der Waals surface area contributed by atoms with Crippen molar-refractivity contribution in [2.75, 3.05) is 20.7 Å². The van der Waals surface area contributed by atoms with Gasteiger partial charge in [0, 0.05) is 5.56 Å². The number of fused-ring (bicyclic) bond motifs is 1. The molecule has 0 saturated carbocycles. The van der Waals surface area contributed by atoms with Crippen molar-refractivity contribution >= 4 is 5.97 Å². The Morgan fingerprint density at radius 1 is 1.44 bits per heavy atom. The Kier molecular flexibility index (Phi) is 2.83. The second kappa shape index (κ2) is 4.14. The quantitative estimate of drug-likeness (QED) is 0.819. The SMILES string of the molecule is CN(C)C1c2ccccc2OCC1C(=O)O. The van der Waals surface area contributed by atoms with Crippen LogP contribution in [0, 0.1) is 5.92 Å². The van der Waals surface area contributed by atoms with Gasteiger partial charge in [0.1, 0.15) is 18.3 Å². The molecule has 1 aromatic rings. The molecule has 1 heterocycles. The summed E-state index contributed by atoms with van der Waals surface area (Å²) < 4.78 is 5.47. The fourth-order valence-electron chi connectivity index (χ4n) is 2.19. The first-order valence-electron chi connectivity index (χ1n) is 5.22. The third kappa shape index (κ3) is 1.76. The lowest BCUT2D eigenvalue weighted by Gasteiger charge is -2.35. The summed E-state index contributed by atoms with van der Waals surface area (Å²) in [6.45, 7) is 0.231. The smallest absolute Gasteiger partial charge is 0.311 e. The van der Waals surface area contributed by atoms with E-state index >= 15 is 0 Å². The van der Waals surface area contributed by atoms with Crippen molar-refractivity contribution in [3.05, 3.63) is 29.8 Å². The number of ether oxygens (including phenoxy) is 1. The predicted molar refractivity (Wildman–Crippen MR) is 59.5 cm³/mol. The number of benzene rings is 1. The molecule has 1 aliphatic heterocycles. The monoisotopic (exact) mass is 221 g/mol. The maximum Gasteiger partial charge on any atom is 0.311 e. The molecule has 16 heavy (non-hydrogen) atoms. The maximum absolute atomic E-state index is 11.2. The molecule has 2 rings (SSSR count). The highest BCUT2D eigenvalue weighted by Gasteiger charge is 2.36. The van der Waals surface area contributed by atoms with Crippen LogP contribution in [0.4, 0.5) is 0 Å². The van der Waals surface area contributed by atoms with Crippen molar-refractivity contribution in [3.8, 4) is 5.75 Å². The second-order valence-electron chi connectivity index (χ2n) is 4.20. The van der Waals surface area contributed by atoms with Crippen LogP contribution in [-0.2, 0) is 4.79 Å². The van der Waals surface area contributed by atoms with E-state index < -0.39 is 11.9 Å². The number of hydrogen-bond donors (Lipinski definition) is 1. The molecule has 0 amide bonds. The molecule has 0 aromatic heterocycles. The van der Waals surface area contributed by atoms with Crippen molar-refractivity contribution in [3.63, 3.8) is 0 Å². The van der Waals surface area contributed by atoms with Crippen molar-refractivity contribution in [2.45, 2.75) is 6.04 Å². The van der Waals surface area contributed by atoms with E-state index in [0.29, 0.717) is 0 Å². The van der Waals surface area contributed by atoms with Gasteiger partial charge in [-0.25, -0.2) is 0 Å². The summed E-state index contributed by atoms with van der Waals surface area (Å²) >= 11 is 0. The highest BCUT2D eigenvalue weighted by molar-refractivity contribution is 5.72. The topological polar surface area (TPSA) is 49.8 Å². The van der Waals surface area contributed by atoms with Crippen LogP contribution in [0.1, 0.15) is 11.6 Å². The lowest BCUT2D eigenvalue weighted by molar-refractivity contribution is -0.146. The first-order valence-corrected chi connectivity index (χ1v) is 5.22. The molecular weight excluding hydrogens is 206 g/mol. The minimum absolute atomic E-state index is 0.123. The lowest BCUT2D eigenvalue weighted by atomic mass is 9.90. The fourth-order valence-corrected chi connectivity index (χ4v) is 2.19. The molecular formula is C12H15NO3. The van der Waals surface area contributed by atoms with E-state index in [9.17, 15) is 9.90 Å². The summed E-state index contributed by atoms with van der Waals surface area (Å²) in [6, 6.07) is 7.48. The third-order valence-corrected chi connectivity index (χ3v) is 2.91. The molecule has 0 aliphatic carbocycles. The molecule has 4 heteroatoms. The summed E-state index contributed by atoms with van der Waals surface area (Å²) in [5.41, 5.74) is 0.950. The zero-order valence-corrected chi connectivity index (χ0v) is 9.38. The zero-order valence-electron chi connectivity index (χ0n) is 9.38. The Balaban J connectivity index is 2.43. The van der Waals surface area contributed by atoms with Crippen LogP contribution in [0.3, 0.4) is 0 Å². The van der Waals surface area contributed by atoms with Gasteiger partial charge in [0.15, 0.2) is 0 Å². The maximum atomic E-state index is 11.2. The number of hydrogen-bond acceptors (Lipinski definition) is 3. The van der Waals surface area contributed by atoms with Crippen molar-refractivity contribution in [2.24, 2.45) is 5.92 Å². The molecule has 2 atom stereocenters. The summed E-state index contributed by atoms with van der Waals surface area (Å²) in [6.07, 6.45) is 0. The van der Waals surface area contributed by atoms with E-state index in [2.05, 4.69) is 0 Å². The van der Waals surface area contributed by atoms with Gasteiger partial charge in [0.05, 0.1) is 6.04 Å². The second-order valence-corrected chi connectivity index (χ2v) is 4.20. The van der Waals surface area contributed by atoms with Crippen molar-refractivity contribution < 1.29 is 14.6 Å². The Hall–Kier alpha value is -1.55. The van der Waals surface area contributed by atoms with Gasteiger partial charge < -0.3 is 14.7 Å². The van der Waals surface area contributed by atoms with E-state index in [4.69, 9.17) is 4.74 Å². The number of carbonyl (C=O) groups is 1. The summed E-state index contributed by atoms with van der Waals surface area (Å²) in [7, 11) is 3.78. The number of aliphatic carboxylic acids is 1. The summed E-state index contributed by atoms with van der Waals surface area (Å²) in [4.78, 5) is 13.1. The first-order chi connectivity index (χ1) is 7.61. The Bertz CT molecular complexity index is 403. The standard InChI is InChI=1S/C12H15NO3/c1-13(2)11-8-5-3-4-6-10(8)16-7-9(11)12(14)15/h3-6,9,11H,7H2,1-2H3,(H,14,15). The molecule has 0 fully saturated rings. The Morgan fingerprint density at radius 2 is 2.12 bits per heavy atom. The minimum atomic E-state index is -0.812. The van der Waals surface area contributed by atoms with Gasteiger partial charge >= 0.3 is 5.97 Å². The molecule has 1 aromatic carbocycles. The highest BCUT2D eigenvalue weighted by Crippen LogP contribution is 2.38. The van der Waals surface area contributed by atoms with Crippen LogP contribution < -0.4 is 4.74 Å². The first kappa shape index (κ1) is 11.0. The van der Waals surface area contributed by atoms with Crippen molar-refractivity contribution in [1.29, 1.82) is 0 Å². The fraction of sp³-hybridized carbons (Fsp3) is 0.417. The number of carboxylic acids is 1. The van der Waals surface area contributed by atoms with Gasteiger partial charge in [0.2, 0.25) is 0 Å². The molecule has 0 saturated heterocycles. The van der Waals surface area contributed by atoms with Crippen molar-refractivity contribution in [1.82, 2.24) is 4.90 Å². The lowest BCUT2D eigenvalue weighted by Crippen LogP contribution is -2.39. The molecule has 1 aliphatic rings. The summed E-state index contributed by atoms with van der Waals surface area (Å²) in [5.74, 6) is -0.531. The number of carboxylic acid groups (broad SMARTS) is 1. The van der Waals surface area contributed by atoms with Gasteiger partial charge in [-0.3, -0.25) is 4.79 Å². The van der Waals surface area contributed by atoms with E-state index in [1.54, 1.807) is 0 Å². The van der Waals surface area contributed by atoms with E-state index in [1.807, 2.05) is 43.3 Å². The van der Waals surface area contributed by atoms with Gasteiger partial charge in [0.25, 0.3) is 0 Å². The zero-order chi connectivity index (χ0) is 11.7. The third-order valence-electron chi connectivity index (χ3n) is 2.91. The number of para-hydroxylation sites is 1. The van der Waals surface area contributed by atoms with E-state index in [1.165, 1.54) is 0 Å². The van der Waals surface area contributed by atoms with Crippen LogP contribution in [0.2, 0.25) is 0 Å². The van der Waals surface area contributed by atoms with Crippen LogP contribution >= 0.6 is 0 Å². The predicted octanol–water partition coefficient (Wildman–Crippen LogP) is 1.38. The van der Waals surface area contributed by atoms with Crippen LogP contribution in [0.25, 0.3) is 0 Å². The Morgan fingerprint density at radius 3 is 2.75 bits per heavy atom. The normalized spacial score (nSPS) is 23.7. The molecule has 0 bridgehead atoms. The van der Waals surface area contributed by atoms with E-state index in [0.717, 1.165) is 11.3 Å². The number of nitrogens with zero attached hydrogens (tertiary/aromatic N) is 1. The molecule has 86 valence electrons.